The standard InChI is InChI=1S/C17H12N2O/c20-16(13-8-11-18-12-9-13)7-6-15-4-1-3-14-5-2-10-19-17(14)15/h1-12H/b7-6+. The number of hydrogen-bond acceptors (Lipinski definition) is 3. The van der Waals surface area contributed by atoms with Crippen molar-refractivity contribution in [2.75, 3.05) is 0 Å². The van der Waals surface area contributed by atoms with E-state index in [1.807, 2.05) is 30.3 Å². The number of para-hydroxylation sites is 1. The van der Waals surface area contributed by atoms with E-state index in [1.165, 1.54) is 0 Å². The van der Waals surface area contributed by atoms with Crippen molar-refractivity contribution in [2.45, 2.75) is 0 Å². The highest BCUT2D eigenvalue weighted by Crippen LogP contribution is 2.17. The van der Waals surface area contributed by atoms with Crippen LogP contribution < -0.4 is 0 Å². The predicted octanol–water partition coefficient (Wildman–Crippen LogP) is 3.53. The van der Waals surface area contributed by atoms with Gasteiger partial charge in [0.05, 0.1) is 5.52 Å². The fourth-order valence-corrected chi connectivity index (χ4v) is 2.04. The highest BCUT2D eigenvalue weighted by molar-refractivity contribution is 6.07. The Hall–Kier alpha value is -2.81. The third kappa shape index (κ3) is 2.47. The average molecular weight is 260 g/mol. The summed E-state index contributed by atoms with van der Waals surface area (Å²) in [4.78, 5) is 20.3. The van der Waals surface area contributed by atoms with Gasteiger partial charge in [-0.25, -0.2) is 0 Å². The van der Waals surface area contributed by atoms with Crippen molar-refractivity contribution in [2.24, 2.45) is 0 Å². The monoisotopic (exact) mass is 260 g/mol. The van der Waals surface area contributed by atoms with Crippen LogP contribution in [0.25, 0.3) is 17.0 Å². The molecule has 0 amide bonds. The highest BCUT2D eigenvalue weighted by Gasteiger charge is 2.02. The first kappa shape index (κ1) is 12.2. The number of hydrogen-bond donors (Lipinski definition) is 0. The van der Waals surface area contributed by atoms with Gasteiger partial charge in [-0.3, -0.25) is 14.8 Å². The third-order valence-corrected chi connectivity index (χ3v) is 3.04. The molecule has 1 aromatic carbocycles. The van der Waals surface area contributed by atoms with Crippen LogP contribution in [0.4, 0.5) is 0 Å². The van der Waals surface area contributed by atoms with Gasteiger partial charge in [0.2, 0.25) is 0 Å². The van der Waals surface area contributed by atoms with Crippen molar-refractivity contribution in [1.29, 1.82) is 0 Å². The van der Waals surface area contributed by atoms with Crippen LogP contribution in [0.1, 0.15) is 15.9 Å². The van der Waals surface area contributed by atoms with Crippen LogP contribution in [0, 0.1) is 0 Å². The van der Waals surface area contributed by atoms with Crippen LogP contribution in [0.3, 0.4) is 0 Å². The number of rotatable bonds is 3. The van der Waals surface area contributed by atoms with Gasteiger partial charge in [0, 0.05) is 35.1 Å². The molecule has 3 heteroatoms. The number of benzene rings is 1. The van der Waals surface area contributed by atoms with Crippen LogP contribution >= 0.6 is 0 Å². The molecule has 96 valence electrons. The van der Waals surface area contributed by atoms with Crippen LogP contribution in [0.15, 0.2) is 67.1 Å². The van der Waals surface area contributed by atoms with E-state index in [2.05, 4.69) is 9.97 Å². The van der Waals surface area contributed by atoms with Crippen molar-refractivity contribution >= 4 is 22.8 Å². The van der Waals surface area contributed by atoms with E-state index in [1.54, 1.807) is 42.9 Å². The topological polar surface area (TPSA) is 42.9 Å². The summed E-state index contributed by atoms with van der Waals surface area (Å²) in [6.07, 6.45) is 8.35. The number of allylic oxidation sites excluding steroid dienone is 1. The molecular formula is C17H12N2O. The van der Waals surface area contributed by atoms with E-state index in [0.29, 0.717) is 5.56 Å². The first-order valence-electron chi connectivity index (χ1n) is 6.31. The number of ketones is 1. The lowest BCUT2D eigenvalue weighted by atomic mass is 10.1. The van der Waals surface area contributed by atoms with Gasteiger partial charge in [-0.05, 0) is 30.4 Å². The zero-order valence-corrected chi connectivity index (χ0v) is 10.7. The second-order valence-electron chi connectivity index (χ2n) is 4.36. The van der Waals surface area contributed by atoms with Crippen molar-refractivity contribution < 1.29 is 4.79 Å². The molecule has 3 aromatic rings. The molecule has 0 aliphatic carbocycles. The summed E-state index contributed by atoms with van der Waals surface area (Å²) in [6.45, 7) is 0. The molecule has 0 aliphatic rings. The number of fused-ring (bicyclic) bond motifs is 1. The number of carbonyl (C=O) groups excluding carboxylic acids is 1. The Balaban J connectivity index is 1.94. The van der Waals surface area contributed by atoms with E-state index in [4.69, 9.17) is 0 Å². The Labute approximate surface area is 116 Å². The minimum Gasteiger partial charge on any atom is -0.289 e. The third-order valence-electron chi connectivity index (χ3n) is 3.04. The van der Waals surface area contributed by atoms with Gasteiger partial charge < -0.3 is 0 Å². The lowest BCUT2D eigenvalue weighted by Crippen LogP contribution is -1.93. The second-order valence-corrected chi connectivity index (χ2v) is 4.36. The molecule has 0 saturated carbocycles. The summed E-state index contributed by atoms with van der Waals surface area (Å²) in [6, 6.07) is 13.2. The smallest absolute Gasteiger partial charge is 0.185 e. The summed E-state index contributed by atoms with van der Waals surface area (Å²) < 4.78 is 0. The van der Waals surface area contributed by atoms with Gasteiger partial charge in [0.25, 0.3) is 0 Å². The van der Waals surface area contributed by atoms with Gasteiger partial charge in [0.1, 0.15) is 0 Å². The van der Waals surface area contributed by atoms with E-state index >= 15 is 0 Å². The highest BCUT2D eigenvalue weighted by atomic mass is 16.1. The minimum atomic E-state index is -0.0414. The Morgan fingerprint density at radius 1 is 0.950 bits per heavy atom. The Kier molecular flexibility index (Phi) is 3.33. The van der Waals surface area contributed by atoms with Gasteiger partial charge in [0.15, 0.2) is 5.78 Å². The second kappa shape index (κ2) is 5.45. The van der Waals surface area contributed by atoms with Crippen LogP contribution in [0.5, 0.6) is 0 Å². The Morgan fingerprint density at radius 2 is 1.75 bits per heavy atom. The van der Waals surface area contributed by atoms with Gasteiger partial charge in [-0.2, -0.15) is 0 Å². The molecule has 0 radical (unpaired) electrons. The van der Waals surface area contributed by atoms with E-state index in [0.717, 1.165) is 16.5 Å². The quantitative estimate of drug-likeness (QED) is 0.534. The molecule has 0 atom stereocenters. The molecular weight excluding hydrogens is 248 g/mol. The molecule has 3 nitrogen and oxygen atoms in total. The first-order valence-corrected chi connectivity index (χ1v) is 6.31. The number of aromatic nitrogens is 2. The number of pyridine rings is 2. The largest absolute Gasteiger partial charge is 0.289 e. The minimum absolute atomic E-state index is 0.0414. The van der Waals surface area contributed by atoms with Crippen molar-refractivity contribution in [3.8, 4) is 0 Å². The zero-order valence-electron chi connectivity index (χ0n) is 10.7. The molecule has 2 aromatic heterocycles. The van der Waals surface area contributed by atoms with Crippen LogP contribution in [0.2, 0.25) is 0 Å². The molecule has 0 saturated heterocycles. The molecule has 0 spiro atoms. The summed E-state index contributed by atoms with van der Waals surface area (Å²) in [5, 5.41) is 1.06. The summed E-state index contributed by atoms with van der Waals surface area (Å²) in [5.74, 6) is -0.0414. The maximum Gasteiger partial charge on any atom is 0.185 e. The van der Waals surface area contributed by atoms with Crippen molar-refractivity contribution in [1.82, 2.24) is 9.97 Å². The predicted molar refractivity (Wildman–Crippen MR) is 79.3 cm³/mol. The summed E-state index contributed by atoms with van der Waals surface area (Å²) >= 11 is 0. The van der Waals surface area contributed by atoms with Crippen molar-refractivity contribution in [3.05, 3.63) is 78.3 Å². The zero-order chi connectivity index (χ0) is 13.8. The van der Waals surface area contributed by atoms with Gasteiger partial charge in [-0.1, -0.05) is 24.3 Å². The molecule has 0 unspecified atom stereocenters. The van der Waals surface area contributed by atoms with Crippen LogP contribution in [-0.2, 0) is 0 Å². The molecule has 0 fully saturated rings. The molecule has 0 bridgehead atoms. The van der Waals surface area contributed by atoms with Crippen LogP contribution in [-0.4, -0.2) is 15.8 Å². The Morgan fingerprint density at radius 3 is 2.60 bits per heavy atom. The Bertz CT molecular complexity index is 774. The number of carbonyl (C=O) groups is 1. The average Bonchev–Trinajstić information content (AvgIpc) is 2.53. The maximum absolute atomic E-state index is 12.0. The molecule has 0 N–H and O–H groups in total. The molecule has 2 heterocycles. The van der Waals surface area contributed by atoms with E-state index in [9.17, 15) is 4.79 Å². The normalized spacial score (nSPS) is 11.0. The van der Waals surface area contributed by atoms with E-state index in [-0.39, 0.29) is 5.78 Å². The molecule has 0 aliphatic heterocycles. The maximum atomic E-state index is 12.0. The lowest BCUT2D eigenvalue weighted by molar-refractivity contribution is 0.104. The molecule has 3 rings (SSSR count). The summed E-state index contributed by atoms with van der Waals surface area (Å²) in [7, 11) is 0. The van der Waals surface area contributed by atoms with Gasteiger partial charge >= 0.3 is 0 Å². The fourth-order valence-electron chi connectivity index (χ4n) is 2.04. The lowest BCUT2D eigenvalue weighted by Gasteiger charge is -2.00. The number of nitrogens with zero attached hydrogens (tertiary/aromatic N) is 2. The van der Waals surface area contributed by atoms with E-state index < -0.39 is 0 Å². The fraction of sp³-hybridized carbons (Fsp3) is 0. The SMILES string of the molecule is O=C(/C=C/c1cccc2cccnc12)c1ccncc1. The molecule has 20 heavy (non-hydrogen) atoms. The first-order chi connectivity index (χ1) is 9.84. The van der Waals surface area contributed by atoms with Crippen molar-refractivity contribution in [3.63, 3.8) is 0 Å². The van der Waals surface area contributed by atoms with Gasteiger partial charge in [-0.15, -0.1) is 0 Å². The summed E-state index contributed by atoms with van der Waals surface area (Å²) in [5.41, 5.74) is 2.46.